The first-order valence-corrected chi connectivity index (χ1v) is 4.39. The van der Waals surface area contributed by atoms with Crippen LogP contribution in [0.3, 0.4) is 0 Å². The lowest BCUT2D eigenvalue weighted by Crippen LogP contribution is -2.19. The van der Waals surface area contributed by atoms with Gasteiger partial charge in [0.2, 0.25) is 0 Å². The van der Waals surface area contributed by atoms with Crippen LogP contribution in [-0.2, 0) is 4.74 Å². The number of hydrogen-bond donors (Lipinski definition) is 0. The molecule has 1 nitrogen and oxygen atoms in total. The highest BCUT2D eigenvalue weighted by Gasteiger charge is 2.19. The summed E-state index contributed by atoms with van der Waals surface area (Å²) in [5, 5.41) is 0.411. The van der Waals surface area contributed by atoms with Crippen LogP contribution in [0.2, 0.25) is 0 Å². The highest BCUT2D eigenvalue weighted by atomic mass is 35.5. The molecule has 0 heterocycles. The second-order valence-corrected chi connectivity index (χ2v) is 3.70. The average Bonchev–Trinajstić information content (AvgIpc) is 1.88. The lowest BCUT2D eigenvalue weighted by atomic mass is 9.90. The first kappa shape index (κ1) is 8.35. The summed E-state index contributed by atoms with van der Waals surface area (Å²) in [5.74, 6) is 0.723. The number of methoxy groups -OCH3 is 1. The molecule has 0 N–H and O–H groups in total. The SMILES string of the molecule is COCC1CCCC(Cl)C1. The normalized spacial score (nSPS) is 34.2. The molecular formula is C8H15ClO. The molecule has 2 atom stereocenters. The van der Waals surface area contributed by atoms with Gasteiger partial charge in [0.15, 0.2) is 0 Å². The second kappa shape index (κ2) is 4.20. The molecular weight excluding hydrogens is 148 g/mol. The predicted molar refractivity (Wildman–Crippen MR) is 43.5 cm³/mol. The Morgan fingerprint density at radius 1 is 1.50 bits per heavy atom. The van der Waals surface area contributed by atoms with Crippen LogP contribution in [-0.4, -0.2) is 19.1 Å². The maximum Gasteiger partial charge on any atom is 0.0491 e. The van der Waals surface area contributed by atoms with Gasteiger partial charge in [-0.15, -0.1) is 11.6 Å². The summed E-state index contributed by atoms with van der Waals surface area (Å²) < 4.78 is 5.07. The smallest absolute Gasteiger partial charge is 0.0491 e. The van der Waals surface area contributed by atoms with Crippen molar-refractivity contribution in [2.45, 2.75) is 31.1 Å². The Hall–Kier alpha value is 0.250. The van der Waals surface area contributed by atoms with Crippen LogP contribution in [0.4, 0.5) is 0 Å². The minimum absolute atomic E-state index is 0.411. The molecule has 10 heavy (non-hydrogen) atoms. The largest absolute Gasteiger partial charge is 0.384 e. The quantitative estimate of drug-likeness (QED) is 0.567. The van der Waals surface area contributed by atoms with Crippen molar-refractivity contribution < 1.29 is 4.74 Å². The van der Waals surface area contributed by atoms with Crippen LogP contribution in [0.15, 0.2) is 0 Å². The van der Waals surface area contributed by atoms with Gasteiger partial charge in [-0.05, 0) is 25.2 Å². The molecule has 2 unspecified atom stereocenters. The Bertz CT molecular complexity index is 93.3. The summed E-state index contributed by atoms with van der Waals surface area (Å²) in [7, 11) is 1.76. The summed E-state index contributed by atoms with van der Waals surface area (Å²) in [6.07, 6.45) is 4.93. The molecule has 2 heteroatoms. The van der Waals surface area contributed by atoms with E-state index in [-0.39, 0.29) is 0 Å². The van der Waals surface area contributed by atoms with Gasteiger partial charge in [-0.1, -0.05) is 6.42 Å². The third kappa shape index (κ3) is 2.47. The number of rotatable bonds is 2. The molecule has 0 bridgehead atoms. The molecule has 0 amide bonds. The Balaban J connectivity index is 2.18. The van der Waals surface area contributed by atoms with E-state index in [1.807, 2.05) is 0 Å². The predicted octanol–water partition coefficient (Wildman–Crippen LogP) is 2.43. The first-order valence-electron chi connectivity index (χ1n) is 3.96. The van der Waals surface area contributed by atoms with Crippen molar-refractivity contribution in [1.29, 1.82) is 0 Å². The highest BCUT2D eigenvalue weighted by Crippen LogP contribution is 2.27. The van der Waals surface area contributed by atoms with E-state index in [0.29, 0.717) is 5.38 Å². The van der Waals surface area contributed by atoms with Gasteiger partial charge in [0.1, 0.15) is 0 Å². The van der Waals surface area contributed by atoms with Gasteiger partial charge in [-0.2, -0.15) is 0 Å². The van der Waals surface area contributed by atoms with Crippen LogP contribution in [0.1, 0.15) is 25.7 Å². The zero-order valence-corrected chi connectivity index (χ0v) is 7.23. The van der Waals surface area contributed by atoms with Crippen molar-refractivity contribution in [2.75, 3.05) is 13.7 Å². The zero-order chi connectivity index (χ0) is 7.40. The molecule has 1 saturated carbocycles. The van der Waals surface area contributed by atoms with E-state index in [1.165, 1.54) is 19.3 Å². The Labute approximate surface area is 67.7 Å². The minimum Gasteiger partial charge on any atom is -0.384 e. The summed E-state index contributed by atoms with van der Waals surface area (Å²) in [6, 6.07) is 0. The number of hydrogen-bond acceptors (Lipinski definition) is 1. The Morgan fingerprint density at radius 2 is 2.30 bits per heavy atom. The molecule has 1 fully saturated rings. The maximum atomic E-state index is 5.99. The van der Waals surface area contributed by atoms with Gasteiger partial charge < -0.3 is 4.74 Å². The van der Waals surface area contributed by atoms with Gasteiger partial charge >= 0.3 is 0 Å². The lowest BCUT2D eigenvalue weighted by Gasteiger charge is -2.24. The van der Waals surface area contributed by atoms with Crippen molar-refractivity contribution in [3.05, 3.63) is 0 Å². The van der Waals surface area contributed by atoms with Crippen molar-refractivity contribution in [1.82, 2.24) is 0 Å². The molecule has 0 aromatic carbocycles. The topological polar surface area (TPSA) is 9.23 Å². The van der Waals surface area contributed by atoms with Crippen molar-refractivity contribution >= 4 is 11.6 Å². The van der Waals surface area contributed by atoms with Crippen LogP contribution in [0.25, 0.3) is 0 Å². The molecule has 0 aliphatic heterocycles. The standard InChI is InChI=1S/C8H15ClO/c1-10-6-7-3-2-4-8(9)5-7/h7-8H,2-6H2,1H3. The van der Waals surface area contributed by atoms with E-state index >= 15 is 0 Å². The molecule has 1 aliphatic carbocycles. The monoisotopic (exact) mass is 162 g/mol. The zero-order valence-electron chi connectivity index (χ0n) is 6.48. The second-order valence-electron chi connectivity index (χ2n) is 3.09. The summed E-state index contributed by atoms with van der Waals surface area (Å²) >= 11 is 5.99. The molecule has 0 radical (unpaired) electrons. The van der Waals surface area contributed by atoms with Gasteiger partial charge in [0.25, 0.3) is 0 Å². The van der Waals surface area contributed by atoms with Gasteiger partial charge in [-0.3, -0.25) is 0 Å². The van der Waals surface area contributed by atoms with E-state index in [2.05, 4.69) is 0 Å². The third-order valence-electron chi connectivity index (χ3n) is 2.12. The highest BCUT2D eigenvalue weighted by molar-refractivity contribution is 6.20. The molecule has 0 aromatic heterocycles. The maximum absolute atomic E-state index is 5.99. The van der Waals surface area contributed by atoms with Crippen LogP contribution in [0, 0.1) is 5.92 Å². The van der Waals surface area contributed by atoms with Crippen molar-refractivity contribution in [2.24, 2.45) is 5.92 Å². The molecule has 60 valence electrons. The summed E-state index contributed by atoms with van der Waals surface area (Å²) in [6.45, 7) is 0.892. The van der Waals surface area contributed by atoms with Crippen molar-refractivity contribution in [3.63, 3.8) is 0 Å². The van der Waals surface area contributed by atoms with Gasteiger partial charge in [-0.25, -0.2) is 0 Å². The number of halogens is 1. The average molecular weight is 163 g/mol. The van der Waals surface area contributed by atoms with Gasteiger partial charge in [0, 0.05) is 19.1 Å². The molecule has 0 saturated heterocycles. The first-order chi connectivity index (χ1) is 4.83. The van der Waals surface area contributed by atoms with E-state index in [4.69, 9.17) is 16.3 Å². The summed E-state index contributed by atoms with van der Waals surface area (Å²) in [4.78, 5) is 0. The van der Waals surface area contributed by atoms with E-state index in [9.17, 15) is 0 Å². The van der Waals surface area contributed by atoms with Gasteiger partial charge in [0.05, 0.1) is 0 Å². The van der Waals surface area contributed by atoms with Crippen LogP contribution >= 0.6 is 11.6 Å². The molecule has 0 aromatic rings. The fourth-order valence-corrected chi connectivity index (χ4v) is 2.02. The molecule has 1 rings (SSSR count). The van der Waals surface area contributed by atoms with E-state index in [0.717, 1.165) is 18.9 Å². The van der Waals surface area contributed by atoms with E-state index < -0.39 is 0 Å². The van der Waals surface area contributed by atoms with Crippen LogP contribution < -0.4 is 0 Å². The van der Waals surface area contributed by atoms with E-state index in [1.54, 1.807) is 7.11 Å². The molecule has 1 aliphatic rings. The fraction of sp³-hybridized carbons (Fsp3) is 1.00. The fourth-order valence-electron chi connectivity index (χ4n) is 1.61. The third-order valence-corrected chi connectivity index (χ3v) is 2.52. The summed E-state index contributed by atoms with van der Waals surface area (Å²) in [5.41, 5.74) is 0. The number of ether oxygens (including phenoxy) is 1. The Morgan fingerprint density at radius 3 is 2.90 bits per heavy atom. The minimum atomic E-state index is 0.411. The van der Waals surface area contributed by atoms with Crippen LogP contribution in [0.5, 0.6) is 0 Å². The van der Waals surface area contributed by atoms with Crippen molar-refractivity contribution in [3.8, 4) is 0 Å². The molecule has 0 spiro atoms. The lowest BCUT2D eigenvalue weighted by molar-refractivity contribution is 0.132. The Kier molecular flexibility index (Phi) is 3.50. The number of alkyl halides is 1.